The van der Waals surface area contributed by atoms with Gasteiger partial charge < -0.3 is 24.4 Å². The van der Waals surface area contributed by atoms with Gasteiger partial charge in [0.1, 0.15) is 6.61 Å². The van der Waals surface area contributed by atoms with Gasteiger partial charge in [-0.3, -0.25) is 0 Å². The van der Waals surface area contributed by atoms with Crippen LogP contribution in [0.1, 0.15) is 16.7 Å². The first-order valence-electron chi connectivity index (χ1n) is 9.75. The van der Waals surface area contributed by atoms with Crippen LogP contribution in [0.2, 0.25) is 10.0 Å². The SMILES string of the molecule is COc1ccc(CN/N=C/c2cc(Cl)c(OCc3ccc(Cl)cc3)c(OC)c2)cc1OC. The highest BCUT2D eigenvalue weighted by Crippen LogP contribution is 2.36. The lowest BCUT2D eigenvalue weighted by Gasteiger charge is -2.13. The van der Waals surface area contributed by atoms with Gasteiger partial charge in [0, 0.05) is 5.02 Å². The lowest BCUT2D eigenvalue weighted by atomic mass is 10.2. The number of benzene rings is 3. The summed E-state index contributed by atoms with van der Waals surface area (Å²) in [5, 5.41) is 5.37. The third-order valence-electron chi connectivity index (χ3n) is 4.58. The molecule has 0 radical (unpaired) electrons. The molecular weight excluding hydrogens is 451 g/mol. The highest BCUT2D eigenvalue weighted by atomic mass is 35.5. The maximum absolute atomic E-state index is 6.44. The number of halogens is 2. The molecule has 32 heavy (non-hydrogen) atoms. The van der Waals surface area contributed by atoms with Crippen molar-refractivity contribution in [1.82, 2.24) is 5.43 Å². The summed E-state index contributed by atoms with van der Waals surface area (Å²) in [6.45, 7) is 0.859. The summed E-state index contributed by atoms with van der Waals surface area (Å²) in [6.07, 6.45) is 1.66. The maximum Gasteiger partial charge on any atom is 0.180 e. The van der Waals surface area contributed by atoms with Gasteiger partial charge in [-0.2, -0.15) is 5.10 Å². The summed E-state index contributed by atoms with van der Waals surface area (Å²) in [5.74, 6) is 2.34. The van der Waals surface area contributed by atoms with Crippen molar-refractivity contribution < 1.29 is 18.9 Å². The Bertz CT molecular complexity index is 1070. The van der Waals surface area contributed by atoms with Gasteiger partial charge in [0.2, 0.25) is 0 Å². The monoisotopic (exact) mass is 474 g/mol. The van der Waals surface area contributed by atoms with Crippen molar-refractivity contribution in [3.05, 3.63) is 81.3 Å². The number of rotatable bonds is 10. The van der Waals surface area contributed by atoms with Gasteiger partial charge >= 0.3 is 0 Å². The fourth-order valence-electron chi connectivity index (χ4n) is 2.94. The van der Waals surface area contributed by atoms with Gasteiger partial charge in [0.05, 0.1) is 39.1 Å². The highest BCUT2D eigenvalue weighted by molar-refractivity contribution is 6.32. The zero-order valence-electron chi connectivity index (χ0n) is 18.0. The van der Waals surface area contributed by atoms with E-state index in [9.17, 15) is 0 Å². The molecule has 0 aliphatic heterocycles. The molecule has 0 atom stereocenters. The van der Waals surface area contributed by atoms with E-state index in [0.717, 1.165) is 16.7 Å². The van der Waals surface area contributed by atoms with Gasteiger partial charge in [0.15, 0.2) is 23.0 Å². The number of ether oxygens (including phenoxy) is 4. The maximum atomic E-state index is 6.44. The number of methoxy groups -OCH3 is 3. The topological polar surface area (TPSA) is 61.3 Å². The number of nitrogens with zero attached hydrogens (tertiary/aromatic N) is 1. The fourth-order valence-corrected chi connectivity index (χ4v) is 3.34. The summed E-state index contributed by atoms with van der Waals surface area (Å²) >= 11 is 12.4. The van der Waals surface area contributed by atoms with Crippen LogP contribution in [0.5, 0.6) is 23.0 Å². The summed E-state index contributed by atoms with van der Waals surface area (Å²) in [7, 11) is 4.78. The third-order valence-corrected chi connectivity index (χ3v) is 5.12. The smallest absolute Gasteiger partial charge is 0.180 e. The minimum absolute atomic E-state index is 0.341. The molecule has 6 nitrogen and oxygen atoms in total. The van der Waals surface area contributed by atoms with Crippen molar-refractivity contribution in [1.29, 1.82) is 0 Å². The second-order valence-electron chi connectivity index (χ2n) is 6.73. The molecule has 0 bridgehead atoms. The first-order valence-corrected chi connectivity index (χ1v) is 10.5. The average Bonchev–Trinajstić information content (AvgIpc) is 2.81. The Morgan fingerprint density at radius 1 is 0.812 bits per heavy atom. The van der Waals surface area contributed by atoms with E-state index in [1.807, 2.05) is 48.5 Å². The Balaban J connectivity index is 1.63. The molecule has 1 N–H and O–H groups in total. The van der Waals surface area contributed by atoms with Gasteiger partial charge in [0.25, 0.3) is 0 Å². The quantitative estimate of drug-likeness (QED) is 0.300. The van der Waals surface area contributed by atoms with E-state index < -0.39 is 0 Å². The van der Waals surface area contributed by atoms with Crippen molar-refractivity contribution in [2.75, 3.05) is 21.3 Å². The van der Waals surface area contributed by atoms with Gasteiger partial charge in [-0.25, -0.2) is 0 Å². The molecule has 0 fully saturated rings. The van der Waals surface area contributed by atoms with Gasteiger partial charge in [-0.05, 0) is 53.1 Å². The summed E-state index contributed by atoms with van der Waals surface area (Å²) in [6, 6.07) is 16.7. The molecule has 168 valence electrons. The van der Waals surface area contributed by atoms with Crippen LogP contribution in [-0.2, 0) is 13.2 Å². The normalized spacial score (nSPS) is 10.8. The molecule has 0 unspecified atom stereocenters. The molecule has 0 saturated carbocycles. The van der Waals surface area contributed by atoms with Crippen LogP contribution in [0.25, 0.3) is 0 Å². The standard InChI is InChI=1S/C24H24Cl2N2O4/c1-29-21-9-6-17(11-22(21)30-2)13-27-28-14-18-10-20(26)24(23(12-18)31-3)32-15-16-4-7-19(25)8-5-16/h4-12,14,27H,13,15H2,1-3H3/b28-14+. The van der Waals surface area contributed by atoms with Crippen LogP contribution in [0, 0.1) is 0 Å². The molecule has 0 aliphatic carbocycles. The Kier molecular flexibility index (Phi) is 8.48. The molecule has 0 heterocycles. The predicted octanol–water partition coefficient (Wildman–Crippen LogP) is 5.72. The molecule has 3 aromatic carbocycles. The number of nitrogens with one attached hydrogen (secondary N) is 1. The van der Waals surface area contributed by atoms with Crippen molar-refractivity contribution in [2.45, 2.75) is 13.2 Å². The van der Waals surface area contributed by atoms with E-state index in [1.54, 1.807) is 33.6 Å². The summed E-state index contributed by atoms with van der Waals surface area (Å²) < 4.78 is 21.9. The van der Waals surface area contributed by atoms with E-state index >= 15 is 0 Å². The molecule has 3 rings (SSSR count). The van der Waals surface area contributed by atoms with E-state index in [2.05, 4.69) is 10.5 Å². The largest absolute Gasteiger partial charge is 0.493 e. The Labute approximate surface area is 197 Å². The second kappa shape index (κ2) is 11.5. The van der Waals surface area contributed by atoms with Crippen LogP contribution < -0.4 is 24.4 Å². The lowest BCUT2D eigenvalue weighted by molar-refractivity contribution is 0.284. The van der Waals surface area contributed by atoms with Gasteiger partial charge in [-0.15, -0.1) is 0 Å². The average molecular weight is 475 g/mol. The van der Waals surface area contributed by atoms with E-state index in [-0.39, 0.29) is 0 Å². The zero-order valence-corrected chi connectivity index (χ0v) is 19.5. The number of hydrogen-bond donors (Lipinski definition) is 1. The lowest BCUT2D eigenvalue weighted by Crippen LogP contribution is -2.06. The fraction of sp³-hybridized carbons (Fsp3) is 0.208. The van der Waals surface area contributed by atoms with E-state index in [1.165, 1.54) is 0 Å². The summed E-state index contributed by atoms with van der Waals surface area (Å²) in [4.78, 5) is 0. The van der Waals surface area contributed by atoms with Gasteiger partial charge in [-0.1, -0.05) is 41.4 Å². The Hall–Kier alpha value is -3.09. The Morgan fingerprint density at radius 2 is 1.50 bits per heavy atom. The summed E-state index contributed by atoms with van der Waals surface area (Å²) in [5.41, 5.74) is 5.75. The van der Waals surface area contributed by atoms with Crippen LogP contribution in [0.15, 0.2) is 59.7 Å². The number of hydrazone groups is 1. The molecule has 0 spiro atoms. The van der Waals surface area contributed by atoms with Crippen LogP contribution >= 0.6 is 23.2 Å². The second-order valence-corrected chi connectivity index (χ2v) is 7.58. The molecule has 0 aliphatic rings. The number of hydrogen-bond acceptors (Lipinski definition) is 6. The zero-order chi connectivity index (χ0) is 22.9. The molecule has 0 aromatic heterocycles. The van der Waals surface area contributed by atoms with Crippen molar-refractivity contribution >= 4 is 29.4 Å². The molecule has 0 saturated heterocycles. The first kappa shape index (κ1) is 23.6. The molecule has 3 aromatic rings. The van der Waals surface area contributed by atoms with Crippen molar-refractivity contribution in [3.63, 3.8) is 0 Å². The van der Waals surface area contributed by atoms with Crippen LogP contribution in [-0.4, -0.2) is 27.5 Å². The van der Waals surface area contributed by atoms with Crippen LogP contribution in [0.4, 0.5) is 0 Å². The minimum Gasteiger partial charge on any atom is -0.493 e. The third kappa shape index (κ3) is 6.22. The van der Waals surface area contributed by atoms with E-state index in [0.29, 0.717) is 46.2 Å². The van der Waals surface area contributed by atoms with Crippen molar-refractivity contribution in [3.8, 4) is 23.0 Å². The first-order chi connectivity index (χ1) is 15.5. The molecule has 0 amide bonds. The van der Waals surface area contributed by atoms with Crippen molar-refractivity contribution in [2.24, 2.45) is 5.10 Å². The minimum atomic E-state index is 0.341. The molecule has 8 heteroatoms. The van der Waals surface area contributed by atoms with E-state index in [4.69, 9.17) is 42.1 Å². The highest BCUT2D eigenvalue weighted by Gasteiger charge is 2.12. The predicted molar refractivity (Wildman–Crippen MR) is 128 cm³/mol. The van der Waals surface area contributed by atoms with Crippen LogP contribution in [0.3, 0.4) is 0 Å². The molecular formula is C24H24Cl2N2O4. The Morgan fingerprint density at radius 3 is 2.19 bits per heavy atom.